The van der Waals surface area contributed by atoms with Gasteiger partial charge in [0, 0.05) is 34.5 Å². The SMILES string of the molecule is CCOc1cc2c(cc1OC)C(c1ccc(OC)nc1OC)=N[C@@H]1CC[C@@H](O)C[C@H]21.CCS(=O)(=O)Oc1ccc2ncc3ccccc3c2c1. The van der Waals surface area contributed by atoms with Crippen molar-refractivity contribution in [2.45, 2.75) is 51.2 Å². The molecule has 1 N–H and O–H groups in total. The zero-order chi connectivity index (χ0) is 35.4. The van der Waals surface area contributed by atoms with Gasteiger partial charge in [-0.3, -0.25) is 9.98 Å². The largest absolute Gasteiger partial charge is 0.493 e. The van der Waals surface area contributed by atoms with Crippen LogP contribution in [0.15, 0.2) is 77.9 Å². The molecule has 2 aromatic heterocycles. The van der Waals surface area contributed by atoms with Gasteiger partial charge in [-0.05, 0) is 80.5 Å². The quantitative estimate of drug-likeness (QED) is 0.135. The fourth-order valence-corrected chi connectivity index (χ4v) is 7.07. The molecule has 1 saturated carbocycles. The van der Waals surface area contributed by atoms with Crippen LogP contribution in [0.1, 0.15) is 55.7 Å². The molecule has 7 rings (SSSR count). The van der Waals surface area contributed by atoms with Gasteiger partial charge in [-0.1, -0.05) is 24.3 Å². The van der Waals surface area contributed by atoms with Crippen molar-refractivity contribution >= 4 is 37.5 Å². The molecule has 11 nitrogen and oxygen atoms in total. The van der Waals surface area contributed by atoms with Crippen LogP contribution in [0.5, 0.6) is 29.0 Å². The maximum atomic E-state index is 11.5. The number of aliphatic imine (C=N–C) groups is 1. The first-order valence-corrected chi connectivity index (χ1v) is 18.2. The number of ether oxygens (including phenoxy) is 4. The lowest BCUT2D eigenvalue weighted by atomic mass is 9.74. The molecule has 0 saturated heterocycles. The number of hydrogen-bond acceptors (Lipinski definition) is 11. The van der Waals surface area contributed by atoms with Crippen LogP contribution in [-0.2, 0) is 10.1 Å². The second-order valence-electron chi connectivity index (χ2n) is 12.0. The fourth-order valence-electron chi connectivity index (χ4n) is 6.55. The molecular weight excluding hydrogens is 658 g/mol. The molecule has 262 valence electrons. The Kier molecular flexibility index (Phi) is 10.4. The van der Waals surface area contributed by atoms with Crippen LogP contribution in [-0.4, -0.2) is 75.0 Å². The number of fused-ring (bicyclic) bond motifs is 6. The molecule has 0 radical (unpaired) electrons. The van der Waals surface area contributed by atoms with E-state index in [4.69, 9.17) is 28.1 Å². The Morgan fingerprint density at radius 2 is 1.68 bits per heavy atom. The Labute approximate surface area is 292 Å². The van der Waals surface area contributed by atoms with Crippen LogP contribution in [0, 0.1) is 0 Å². The molecule has 1 aliphatic heterocycles. The van der Waals surface area contributed by atoms with Gasteiger partial charge < -0.3 is 28.2 Å². The highest BCUT2D eigenvalue weighted by atomic mass is 32.2. The lowest BCUT2D eigenvalue weighted by molar-refractivity contribution is 0.111. The Balaban J connectivity index is 0.000000187. The molecule has 0 spiro atoms. The number of pyridine rings is 2. The van der Waals surface area contributed by atoms with Crippen molar-refractivity contribution in [3.8, 4) is 29.0 Å². The monoisotopic (exact) mass is 699 g/mol. The summed E-state index contributed by atoms with van der Waals surface area (Å²) in [5.41, 5.74) is 4.50. The van der Waals surface area contributed by atoms with Crippen LogP contribution in [0.3, 0.4) is 0 Å². The zero-order valence-corrected chi connectivity index (χ0v) is 29.6. The van der Waals surface area contributed by atoms with E-state index < -0.39 is 10.1 Å². The Morgan fingerprint density at radius 1 is 0.860 bits per heavy atom. The normalized spacial score (nSPS) is 18.2. The van der Waals surface area contributed by atoms with Crippen molar-refractivity contribution < 1.29 is 36.7 Å². The van der Waals surface area contributed by atoms with E-state index in [1.165, 1.54) is 0 Å². The van der Waals surface area contributed by atoms with Gasteiger partial charge in [0.25, 0.3) is 0 Å². The van der Waals surface area contributed by atoms with Crippen LogP contribution in [0.4, 0.5) is 0 Å². The van der Waals surface area contributed by atoms with Gasteiger partial charge in [0.1, 0.15) is 5.75 Å². The molecule has 1 aliphatic carbocycles. The van der Waals surface area contributed by atoms with Crippen molar-refractivity contribution in [1.82, 2.24) is 9.97 Å². The first kappa shape index (κ1) is 34.9. The summed E-state index contributed by atoms with van der Waals surface area (Å²) in [6.07, 6.45) is 3.76. The number of aliphatic hydroxyl groups excluding tert-OH is 1. The average molecular weight is 700 g/mol. The lowest BCUT2D eigenvalue weighted by Crippen LogP contribution is -2.34. The molecule has 2 aliphatic rings. The topological polar surface area (TPSA) is 139 Å². The number of aliphatic hydroxyl groups is 1. The highest BCUT2D eigenvalue weighted by Crippen LogP contribution is 2.45. The molecule has 3 heterocycles. The Hall–Kier alpha value is -4.94. The van der Waals surface area contributed by atoms with E-state index in [2.05, 4.69) is 9.97 Å². The van der Waals surface area contributed by atoms with Crippen LogP contribution < -0.4 is 23.1 Å². The van der Waals surface area contributed by atoms with Gasteiger partial charge in [0.15, 0.2) is 11.5 Å². The van der Waals surface area contributed by atoms with Crippen molar-refractivity contribution in [2.75, 3.05) is 33.7 Å². The predicted octanol–water partition coefficient (Wildman–Crippen LogP) is 6.47. The summed E-state index contributed by atoms with van der Waals surface area (Å²) in [4.78, 5) is 13.9. The second kappa shape index (κ2) is 14.9. The minimum absolute atomic E-state index is 0.0567. The summed E-state index contributed by atoms with van der Waals surface area (Å²) in [7, 11) is 1.28. The lowest BCUT2D eigenvalue weighted by Gasteiger charge is -2.37. The van der Waals surface area contributed by atoms with Crippen molar-refractivity contribution in [1.29, 1.82) is 0 Å². The molecular formula is C38H41N3O8S. The Bertz CT molecular complexity index is 2150. The Morgan fingerprint density at radius 3 is 2.42 bits per heavy atom. The van der Waals surface area contributed by atoms with Crippen LogP contribution in [0.2, 0.25) is 0 Å². The summed E-state index contributed by atoms with van der Waals surface area (Å²) in [6, 6.07) is 20.8. The molecule has 12 heteroatoms. The number of benzene rings is 3. The maximum Gasteiger partial charge on any atom is 0.308 e. The maximum absolute atomic E-state index is 11.5. The summed E-state index contributed by atoms with van der Waals surface area (Å²) in [6.45, 7) is 4.04. The van der Waals surface area contributed by atoms with E-state index in [1.54, 1.807) is 52.6 Å². The number of hydrogen-bond donors (Lipinski definition) is 1. The molecule has 0 bridgehead atoms. The number of aromatic nitrogens is 2. The average Bonchev–Trinajstić information content (AvgIpc) is 3.14. The smallest absolute Gasteiger partial charge is 0.308 e. The van der Waals surface area contributed by atoms with Crippen LogP contribution >= 0.6 is 0 Å². The molecule has 3 aromatic carbocycles. The van der Waals surface area contributed by atoms with Gasteiger partial charge >= 0.3 is 10.1 Å². The summed E-state index contributed by atoms with van der Waals surface area (Å²) in [5, 5.41) is 13.2. The van der Waals surface area contributed by atoms with Gasteiger partial charge in [-0.15, -0.1) is 0 Å². The molecule has 5 aromatic rings. The number of nitrogens with zero attached hydrogens (tertiary/aromatic N) is 3. The standard InChI is InChI=1S/C23H28N2O5.C15H13NO3S/c1-5-30-20-11-15-16-10-13(26)6-8-18(16)24-22(17(15)12-19(20)27-2)14-7-9-21(28-3)25-23(14)29-4;1-2-20(17,18)19-12-7-8-15-14(9-12)13-6-4-3-5-11(13)10-16-15/h7,9,11-13,16,18,26H,5-6,8,10H2,1-4H3;3-10H,2H2,1H3/t13-,16-,18-;/m1./s1. The summed E-state index contributed by atoms with van der Waals surface area (Å²) >= 11 is 0. The van der Waals surface area contributed by atoms with E-state index in [-0.39, 0.29) is 23.8 Å². The van der Waals surface area contributed by atoms with E-state index in [0.29, 0.717) is 42.0 Å². The fraction of sp³-hybridized carbons (Fsp3) is 0.342. The third kappa shape index (κ3) is 7.17. The summed E-state index contributed by atoms with van der Waals surface area (Å²) in [5.74, 6) is 2.69. The highest BCUT2D eigenvalue weighted by Gasteiger charge is 2.38. The zero-order valence-electron chi connectivity index (χ0n) is 28.8. The van der Waals surface area contributed by atoms with E-state index >= 15 is 0 Å². The van der Waals surface area contributed by atoms with Gasteiger partial charge in [0.05, 0.1) is 62.6 Å². The van der Waals surface area contributed by atoms with Gasteiger partial charge in [-0.2, -0.15) is 13.4 Å². The minimum Gasteiger partial charge on any atom is -0.493 e. The molecule has 3 atom stereocenters. The summed E-state index contributed by atoms with van der Waals surface area (Å²) < 4.78 is 50.4. The molecule has 0 amide bonds. The molecule has 1 fully saturated rings. The van der Waals surface area contributed by atoms with E-state index in [9.17, 15) is 13.5 Å². The van der Waals surface area contributed by atoms with Crippen molar-refractivity contribution in [2.24, 2.45) is 4.99 Å². The number of methoxy groups -OCH3 is 3. The van der Waals surface area contributed by atoms with Gasteiger partial charge in [-0.25, -0.2) is 0 Å². The molecule has 0 unspecified atom stereocenters. The third-order valence-corrected chi connectivity index (χ3v) is 10.2. The van der Waals surface area contributed by atoms with E-state index in [1.807, 2.05) is 55.5 Å². The van der Waals surface area contributed by atoms with Crippen molar-refractivity contribution in [3.05, 3.63) is 89.6 Å². The van der Waals surface area contributed by atoms with Crippen molar-refractivity contribution in [3.63, 3.8) is 0 Å². The van der Waals surface area contributed by atoms with Crippen LogP contribution in [0.25, 0.3) is 21.7 Å². The predicted molar refractivity (Wildman–Crippen MR) is 193 cm³/mol. The minimum atomic E-state index is -3.51. The molecule has 50 heavy (non-hydrogen) atoms. The number of rotatable bonds is 9. The first-order chi connectivity index (χ1) is 24.2. The van der Waals surface area contributed by atoms with E-state index in [0.717, 1.165) is 56.9 Å². The first-order valence-electron chi connectivity index (χ1n) is 16.6. The van der Waals surface area contributed by atoms with Gasteiger partial charge in [0.2, 0.25) is 11.8 Å². The third-order valence-electron chi connectivity index (χ3n) is 9.00. The second-order valence-corrected chi connectivity index (χ2v) is 13.9. The highest BCUT2D eigenvalue weighted by molar-refractivity contribution is 7.87.